The highest BCUT2D eigenvalue weighted by atomic mass is 16.5. The Balaban J connectivity index is 1.78. The van der Waals surface area contributed by atoms with Gasteiger partial charge in [0.1, 0.15) is 0 Å². The highest BCUT2D eigenvalue weighted by Gasteiger charge is 2.18. The van der Waals surface area contributed by atoms with Crippen LogP contribution in [0.15, 0.2) is 42.6 Å². The predicted molar refractivity (Wildman–Crippen MR) is 89.0 cm³/mol. The topological polar surface area (TPSA) is 31.4 Å². The second kappa shape index (κ2) is 7.12. The smallest absolute Gasteiger partial charge is 0.162 e. The van der Waals surface area contributed by atoms with Crippen molar-refractivity contribution in [3.63, 3.8) is 0 Å². The highest BCUT2D eigenvalue weighted by molar-refractivity contribution is 5.69. The normalized spacial score (nSPS) is 15.3. The van der Waals surface area contributed by atoms with Crippen molar-refractivity contribution in [2.75, 3.05) is 7.11 Å². The Labute approximate surface area is 131 Å². The quantitative estimate of drug-likeness (QED) is 0.809. The summed E-state index contributed by atoms with van der Waals surface area (Å²) >= 11 is 0. The van der Waals surface area contributed by atoms with E-state index in [0.717, 1.165) is 35.6 Å². The Hall–Kier alpha value is -2.29. The summed E-state index contributed by atoms with van der Waals surface area (Å²) in [7, 11) is 1.68. The van der Waals surface area contributed by atoms with Gasteiger partial charge in [0.15, 0.2) is 11.5 Å². The minimum Gasteiger partial charge on any atom is -0.493 e. The van der Waals surface area contributed by atoms with Crippen molar-refractivity contribution in [3.05, 3.63) is 53.9 Å². The van der Waals surface area contributed by atoms with Crippen LogP contribution in [-0.2, 0) is 0 Å². The second-order valence-electron chi connectivity index (χ2n) is 5.52. The zero-order valence-corrected chi connectivity index (χ0v) is 12.9. The molecule has 0 saturated heterocycles. The summed E-state index contributed by atoms with van der Waals surface area (Å²) in [5.41, 5.74) is 2.02. The molecule has 1 heterocycles. The molecule has 3 nitrogen and oxygen atoms in total. The molecule has 0 N–H and O–H groups in total. The molecule has 0 aliphatic heterocycles. The number of rotatable bonds is 5. The number of hydrogen-bond acceptors (Lipinski definition) is 3. The molecule has 3 rings (SSSR count). The monoisotopic (exact) mass is 295 g/mol. The van der Waals surface area contributed by atoms with E-state index in [0.29, 0.717) is 6.10 Å². The Morgan fingerprint density at radius 1 is 1.05 bits per heavy atom. The van der Waals surface area contributed by atoms with Crippen LogP contribution in [0.25, 0.3) is 12.2 Å². The number of methoxy groups -OCH3 is 1. The lowest BCUT2D eigenvalue weighted by Gasteiger charge is -2.16. The molecular weight excluding hydrogens is 274 g/mol. The van der Waals surface area contributed by atoms with Gasteiger partial charge in [0.05, 0.1) is 18.9 Å². The summed E-state index contributed by atoms with van der Waals surface area (Å²) in [5, 5.41) is 0. The molecule has 0 atom stereocenters. The minimum atomic E-state index is 0.323. The van der Waals surface area contributed by atoms with Gasteiger partial charge in [-0.3, -0.25) is 4.98 Å². The van der Waals surface area contributed by atoms with Gasteiger partial charge in [-0.2, -0.15) is 0 Å². The first-order valence-corrected chi connectivity index (χ1v) is 7.79. The fraction of sp³-hybridized carbons (Fsp3) is 0.316. The first-order valence-electron chi connectivity index (χ1n) is 7.79. The molecule has 1 aliphatic carbocycles. The van der Waals surface area contributed by atoms with Crippen molar-refractivity contribution in [2.24, 2.45) is 0 Å². The Kier molecular flexibility index (Phi) is 4.74. The molecule has 0 spiro atoms. The molecule has 0 unspecified atom stereocenters. The average Bonchev–Trinajstić information content (AvgIpc) is 3.07. The van der Waals surface area contributed by atoms with E-state index in [2.05, 4.69) is 4.98 Å². The number of hydrogen-bond donors (Lipinski definition) is 0. The molecule has 0 amide bonds. The Morgan fingerprint density at radius 3 is 2.64 bits per heavy atom. The SMILES string of the molecule is COc1ccc(C=Cc2ccccn2)cc1OC1CCCC1. The van der Waals surface area contributed by atoms with E-state index in [9.17, 15) is 0 Å². The summed E-state index contributed by atoms with van der Waals surface area (Å²) < 4.78 is 11.5. The molecule has 0 radical (unpaired) electrons. The van der Waals surface area contributed by atoms with E-state index >= 15 is 0 Å². The molecule has 3 heteroatoms. The number of pyridine rings is 1. The zero-order valence-electron chi connectivity index (χ0n) is 12.9. The van der Waals surface area contributed by atoms with Crippen molar-refractivity contribution < 1.29 is 9.47 Å². The summed E-state index contributed by atoms with van der Waals surface area (Å²) in [6.45, 7) is 0. The van der Waals surface area contributed by atoms with Crippen LogP contribution in [0.4, 0.5) is 0 Å². The van der Waals surface area contributed by atoms with Crippen LogP contribution in [0.2, 0.25) is 0 Å². The van der Waals surface area contributed by atoms with Crippen LogP contribution in [0.5, 0.6) is 11.5 Å². The van der Waals surface area contributed by atoms with E-state index in [1.54, 1.807) is 13.3 Å². The van der Waals surface area contributed by atoms with E-state index < -0.39 is 0 Å². The highest BCUT2D eigenvalue weighted by Crippen LogP contribution is 2.32. The second-order valence-corrected chi connectivity index (χ2v) is 5.52. The first kappa shape index (κ1) is 14.6. The maximum atomic E-state index is 6.12. The molecular formula is C19H21NO2. The van der Waals surface area contributed by atoms with Crippen LogP contribution >= 0.6 is 0 Å². The maximum absolute atomic E-state index is 6.12. The third-order valence-electron chi connectivity index (χ3n) is 3.92. The largest absolute Gasteiger partial charge is 0.493 e. The molecule has 1 saturated carbocycles. The number of nitrogens with zero attached hydrogens (tertiary/aromatic N) is 1. The van der Waals surface area contributed by atoms with Crippen molar-refractivity contribution in [1.29, 1.82) is 0 Å². The zero-order chi connectivity index (χ0) is 15.2. The van der Waals surface area contributed by atoms with Gasteiger partial charge < -0.3 is 9.47 Å². The third kappa shape index (κ3) is 3.67. The van der Waals surface area contributed by atoms with E-state index in [-0.39, 0.29) is 0 Å². The number of aromatic nitrogens is 1. The van der Waals surface area contributed by atoms with Gasteiger partial charge in [0.25, 0.3) is 0 Å². The van der Waals surface area contributed by atoms with Crippen LogP contribution in [0.1, 0.15) is 36.9 Å². The van der Waals surface area contributed by atoms with Crippen LogP contribution in [0, 0.1) is 0 Å². The molecule has 1 fully saturated rings. The molecule has 1 aromatic carbocycles. The number of benzene rings is 1. The van der Waals surface area contributed by atoms with Gasteiger partial charge in [-0.25, -0.2) is 0 Å². The van der Waals surface area contributed by atoms with Crippen LogP contribution in [-0.4, -0.2) is 18.2 Å². The van der Waals surface area contributed by atoms with E-state index in [1.807, 2.05) is 48.6 Å². The lowest BCUT2D eigenvalue weighted by molar-refractivity contribution is 0.201. The van der Waals surface area contributed by atoms with Crippen LogP contribution < -0.4 is 9.47 Å². The molecule has 114 valence electrons. The molecule has 1 aromatic heterocycles. The Morgan fingerprint density at radius 2 is 1.91 bits per heavy atom. The van der Waals surface area contributed by atoms with Gasteiger partial charge in [-0.05, 0) is 61.6 Å². The summed E-state index contributed by atoms with van der Waals surface area (Å²) in [4.78, 5) is 4.29. The molecule has 22 heavy (non-hydrogen) atoms. The van der Waals surface area contributed by atoms with E-state index in [1.165, 1.54) is 12.8 Å². The van der Waals surface area contributed by atoms with Crippen molar-refractivity contribution in [3.8, 4) is 11.5 Å². The van der Waals surface area contributed by atoms with Gasteiger partial charge in [0, 0.05) is 6.20 Å². The summed E-state index contributed by atoms with van der Waals surface area (Å²) in [6, 6.07) is 11.9. The van der Waals surface area contributed by atoms with Crippen LogP contribution in [0.3, 0.4) is 0 Å². The maximum Gasteiger partial charge on any atom is 0.162 e. The predicted octanol–water partition coefficient (Wildman–Crippen LogP) is 4.58. The lowest BCUT2D eigenvalue weighted by Crippen LogP contribution is -2.11. The lowest BCUT2D eigenvalue weighted by atomic mass is 10.1. The first-order chi connectivity index (χ1) is 10.8. The van der Waals surface area contributed by atoms with Crippen molar-refractivity contribution in [2.45, 2.75) is 31.8 Å². The van der Waals surface area contributed by atoms with Gasteiger partial charge >= 0.3 is 0 Å². The Bertz CT molecular complexity index is 631. The standard InChI is InChI=1S/C19H21NO2/c1-21-18-12-10-15(9-11-16-6-4-5-13-20-16)14-19(18)22-17-7-2-3-8-17/h4-6,9-14,17H,2-3,7-8H2,1H3. The van der Waals surface area contributed by atoms with Gasteiger partial charge in [-0.15, -0.1) is 0 Å². The van der Waals surface area contributed by atoms with Crippen molar-refractivity contribution in [1.82, 2.24) is 4.98 Å². The van der Waals surface area contributed by atoms with E-state index in [4.69, 9.17) is 9.47 Å². The fourth-order valence-electron chi connectivity index (χ4n) is 2.73. The summed E-state index contributed by atoms with van der Waals surface area (Å²) in [5.74, 6) is 1.62. The van der Waals surface area contributed by atoms with Gasteiger partial charge in [-0.1, -0.05) is 18.2 Å². The average molecular weight is 295 g/mol. The fourth-order valence-corrected chi connectivity index (χ4v) is 2.73. The minimum absolute atomic E-state index is 0.323. The van der Waals surface area contributed by atoms with Gasteiger partial charge in [0.2, 0.25) is 0 Å². The molecule has 0 bridgehead atoms. The molecule has 1 aliphatic rings. The third-order valence-corrected chi connectivity index (χ3v) is 3.92. The van der Waals surface area contributed by atoms with Crippen molar-refractivity contribution >= 4 is 12.2 Å². The number of ether oxygens (including phenoxy) is 2. The summed E-state index contributed by atoms with van der Waals surface area (Å²) in [6.07, 6.45) is 10.9. The molecule has 2 aromatic rings.